The number of nitrogen functional groups attached to an aromatic ring is 1. The highest BCUT2D eigenvalue weighted by Gasteiger charge is 1.92. The Labute approximate surface area is 74.4 Å². The third-order valence-corrected chi connectivity index (χ3v) is 1.11. The summed E-state index contributed by atoms with van der Waals surface area (Å²) in [5, 5.41) is 3.77. The molecule has 0 spiro atoms. The average molecular weight is 184 g/mol. The molecule has 0 atom stereocenters. The molecule has 0 aliphatic heterocycles. The highest BCUT2D eigenvalue weighted by molar-refractivity contribution is 7.80. The van der Waals surface area contributed by atoms with Crippen LogP contribution >= 0.6 is 12.2 Å². The molecule has 0 amide bonds. The fourth-order valence-electron chi connectivity index (χ4n) is 0.597. The Bertz CT molecular complexity index is 306. The Morgan fingerprint density at radius 3 is 2.92 bits per heavy atom. The van der Waals surface area contributed by atoms with Gasteiger partial charge in [0.1, 0.15) is 5.76 Å². The van der Waals surface area contributed by atoms with Gasteiger partial charge in [-0.2, -0.15) is 5.10 Å². The van der Waals surface area contributed by atoms with Gasteiger partial charge < -0.3 is 15.9 Å². The zero-order valence-electron chi connectivity index (χ0n) is 6.15. The summed E-state index contributed by atoms with van der Waals surface area (Å²) >= 11 is 4.51. The van der Waals surface area contributed by atoms with Crippen LogP contribution < -0.4 is 16.9 Å². The lowest BCUT2D eigenvalue weighted by molar-refractivity contribution is 0.580. The van der Waals surface area contributed by atoms with E-state index in [1.807, 2.05) is 0 Å². The van der Waals surface area contributed by atoms with Crippen LogP contribution in [-0.4, -0.2) is 11.3 Å². The molecule has 1 heterocycles. The predicted octanol–water partition coefficient (Wildman–Crippen LogP) is 0.0289. The molecular weight excluding hydrogens is 176 g/mol. The Kier molecular flexibility index (Phi) is 2.65. The number of hydrogen-bond acceptors (Lipinski definition) is 4. The van der Waals surface area contributed by atoms with Crippen molar-refractivity contribution in [2.24, 2.45) is 10.8 Å². The molecule has 6 heteroatoms. The van der Waals surface area contributed by atoms with Crippen LogP contribution in [0.4, 0.5) is 5.88 Å². The van der Waals surface area contributed by atoms with Crippen molar-refractivity contribution in [3.8, 4) is 0 Å². The Balaban J connectivity index is 2.52. The molecule has 0 unspecified atom stereocenters. The molecule has 1 aromatic rings. The minimum absolute atomic E-state index is 0.103. The Morgan fingerprint density at radius 1 is 1.67 bits per heavy atom. The molecular formula is C6H8N4OS. The molecule has 12 heavy (non-hydrogen) atoms. The monoisotopic (exact) mass is 184 g/mol. The normalized spacial score (nSPS) is 10.3. The van der Waals surface area contributed by atoms with Gasteiger partial charge in [0.25, 0.3) is 0 Å². The second-order valence-corrected chi connectivity index (χ2v) is 2.41. The van der Waals surface area contributed by atoms with E-state index in [0.29, 0.717) is 11.6 Å². The van der Waals surface area contributed by atoms with Crippen molar-refractivity contribution in [3.63, 3.8) is 0 Å². The van der Waals surface area contributed by atoms with E-state index < -0.39 is 0 Å². The van der Waals surface area contributed by atoms with E-state index in [0.717, 1.165) is 0 Å². The van der Waals surface area contributed by atoms with Gasteiger partial charge in [-0.3, -0.25) is 5.43 Å². The third-order valence-electron chi connectivity index (χ3n) is 1.01. The Hall–Kier alpha value is -1.56. The molecule has 0 fully saturated rings. The molecule has 0 saturated heterocycles. The maximum Gasteiger partial charge on any atom is 0.191 e. The quantitative estimate of drug-likeness (QED) is 0.343. The number of hydrazone groups is 1. The summed E-state index contributed by atoms with van der Waals surface area (Å²) in [6.07, 6.45) is 1.43. The van der Waals surface area contributed by atoms with Crippen LogP contribution in [0.5, 0.6) is 0 Å². The van der Waals surface area contributed by atoms with Crippen LogP contribution in [0.3, 0.4) is 0 Å². The topological polar surface area (TPSA) is 89.6 Å². The minimum Gasteiger partial charge on any atom is -0.440 e. The number of anilines is 1. The lowest BCUT2D eigenvalue weighted by atomic mass is 10.5. The molecule has 0 bridgehead atoms. The number of nitrogens with zero attached hydrogens (tertiary/aromatic N) is 1. The van der Waals surface area contributed by atoms with Gasteiger partial charge in [0.05, 0.1) is 6.21 Å². The Morgan fingerprint density at radius 2 is 2.42 bits per heavy atom. The first-order chi connectivity index (χ1) is 5.68. The van der Waals surface area contributed by atoms with Crippen molar-refractivity contribution in [3.05, 3.63) is 17.9 Å². The molecule has 0 aliphatic rings. The predicted molar refractivity (Wildman–Crippen MR) is 50.6 cm³/mol. The first-order valence-corrected chi connectivity index (χ1v) is 3.53. The van der Waals surface area contributed by atoms with E-state index in [9.17, 15) is 0 Å². The van der Waals surface area contributed by atoms with Crippen LogP contribution in [0.25, 0.3) is 0 Å². The van der Waals surface area contributed by atoms with E-state index in [1.165, 1.54) is 6.21 Å². The van der Waals surface area contributed by atoms with Crippen molar-refractivity contribution >= 4 is 29.4 Å². The van der Waals surface area contributed by atoms with E-state index in [2.05, 4.69) is 22.7 Å². The molecule has 0 aliphatic carbocycles. The number of nitrogens with one attached hydrogen (secondary N) is 1. The molecule has 0 radical (unpaired) electrons. The molecule has 5 N–H and O–H groups in total. The van der Waals surface area contributed by atoms with E-state index in [4.69, 9.17) is 15.9 Å². The van der Waals surface area contributed by atoms with Crippen LogP contribution in [0.15, 0.2) is 21.7 Å². The van der Waals surface area contributed by atoms with Gasteiger partial charge in [0.2, 0.25) is 0 Å². The fraction of sp³-hybridized carbons (Fsp3) is 0. The average Bonchev–Trinajstić information content (AvgIpc) is 2.35. The van der Waals surface area contributed by atoms with Gasteiger partial charge in [0, 0.05) is 6.07 Å². The van der Waals surface area contributed by atoms with Gasteiger partial charge >= 0.3 is 0 Å². The third kappa shape index (κ3) is 2.59. The van der Waals surface area contributed by atoms with Crippen molar-refractivity contribution in [2.75, 3.05) is 5.73 Å². The summed E-state index contributed by atoms with van der Waals surface area (Å²) < 4.78 is 4.97. The van der Waals surface area contributed by atoms with Crippen LogP contribution in [0.2, 0.25) is 0 Å². The minimum atomic E-state index is 0.103. The summed E-state index contributed by atoms with van der Waals surface area (Å²) in [6, 6.07) is 3.31. The van der Waals surface area contributed by atoms with Crippen LogP contribution in [0.1, 0.15) is 5.76 Å². The number of furan rings is 1. The van der Waals surface area contributed by atoms with Crippen molar-refractivity contribution < 1.29 is 4.42 Å². The maximum absolute atomic E-state index is 5.31. The number of rotatable bonds is 2. The number of thiocarbonyl (C=S) groups is 1. The fourth-order valence-corrected chi connectivity index (χ4v) is 0.650. The van der Waals surface area contributed by atoms with Gasteiger partial charge in [-0.05, 0) is 18.3 Å². The van der Waals surface area contributed by atoms with Gasteiger partial charge in [-0.15, -0.1) is 0 Å². The number of hydrogen-bond donors (Lipinski definition) is 3. The molecule has 64 valence electrons. The van der Waals surface area contributed by atoms with Gasteiger partial charge in [-0.1, -0.05) is 0 Å². The lowest BCUT2D eigenvalue weighted by Gasteiger charge is -1.91. The highest BCUT2D eigenvalue weighted by Crippen LogP contribution is 2.05. The van der Waals surface area contributed by atoms with Gasteiger partial charge in [-0.25, -0.2) is 0 Å². The second kappa shape index (κ2) is 3.72. The highest BCUT2D eigenvalue weighted by atomic mass is 32.1. The SMILES string of the molecule is NC(=S)N/N=C/c1ccc(N)o1. The second-order valence-electron chi connectivity index (χ2n) is 1.97. The zero-order chi connectivity index (χ0) is 8.97. The summed E-state index contributed by atoms with van der Waals surface area (Å²) in [7, 11) is 0. The number of nitrogens with two attached hydrogens (primary N) is 2. The van der Waals surface area contributed by atoms with Gasteiger partial charge in [0.15, 0.2) is 11.0 Å². The zero-order valence-corrected chi connectivity index (χ0v) is 6.97. The molecule has 1 rings (SSSR count). The maximum atomic E-state index is 5.31. The van der Waals surface area contributed by atoms with Crippen molar-refractivity contribution in [2.45, 2.75) is 0 Å². The molecule has 1 aromatic heterocycles. The van der Waals surface area contributed by atoms with Crippen molar-refractivity contribution in [1.29, 1.82) is 0 Å². The summed E-state index contributed by atoms with van der Waals surface area (Å²) in [4.78, 5) is 0. The van der Waals surface area contributed by atoms with Crippen molar-refractivity contribution in [1.82, 2.24) is 5.43 Å². The summed E-state index contributed by atoms with van der Waals surface area (Å²) in [5.74, 6) is 0.878. The molecule has 0 saturated carbocycles. The van der Waals surface area contributed by atoms with E-state index >= 15 is 0 Å². The lowest BCUT2D eigenvalue weighted by Crippen LogP contribution is -2.23. The van der Waals surface area contributed by atoms with Crippen LogP contribution in [0, 0.1) is 0 Å². The summed E-state index contributed by atoms with van der Waals surface area (Å²) in [5.41, 5.74) is 12.8. The standard InChI is InChI=1S/C6H8N4OS/c7-5-2-1-4(11-5)3-9-10-6(8)12/h1-3H,7H2,(H3,8,10,12)/b9-3+. The molecule has 0 aromatic carbocycles. The summed E-state index contributed by atoms with van der Waals surface area (Å²) in [6.45, 7) is 0. The smallest absolute Gasteiger partial charge is 0.191 e. The first-order valence-electron chi connectivity index (χ1n) is 3.12. The van der Waals surface area contributed by atoms with Crippen LogP contribution in [-0.2, 0) is 0 Å². The molecule has 5 nitrogen and oxygen atoms in total. The largest absolute Gasteiger partial charge is 0.440 e. The van der Waals surface area contributed by atoms with E-state index in [-0.39, 0.29) is 5.11 Å². The first kappa shape index (κ1) is 8.54. The van der Waals surface area contributed by atoms with E-state index in [1.54, 1.807) is 12.1 Å².